The number of halogens is 5. The molecule has 2 atom stereocenters. The number of hydrogen-bond acceptors (Lipinski definition) is 5. The molecule has 0 aliphatic carbocycles. The number of nitrogens with one attached hydrogen (secondary N) is 1. The van der Waals surface area contributed by atoms with Gasteiger partial charge in [-0.05, 0) is 48.4 Å². The van der Waals surface area contributed by atoms with Crippen LogP contribution in [0.1, 0.15) is 39.9 Å². The highest BCUT2D eigenvalue weighted by atomic mass is 35.5. The zero-order valence-electron chi connectivity index (χ0n) is 19.4. The van der Waals surface area contributed by atoms with Gasteiger partial charge in [-0.25, -0.2) is 4.21 Å². The summed E-state index contributed by atoms with van der Waals surface area (Å²) in [6, 6.07) is 7.82. The Morgan fingerprint density at radius 2 is 1.83 bits per heavy atom. The maximum Gasteiger partial charge on any atom is 0.435 e. The van der Waals surface area contributed by atoms with Crippen molar-refractivity contribution in [3.63, 3.8) is 0 Å². The monoisotopic (exact) mass is 563 g/mol. The van der Waals surface area contributed by atoms with Crippen molar-refractivity contribution in [2.75, 3.05) is 19.1 Å². The summed E-state index contributed by atoms with van der Waals surface area (Å²) in [6.45, 7) is 1.57. The highest BCUT2D eigenvalue weighted by Crippen LogP contribution is 2.49. The van der Waals surface area contributed by atoms with Crippen LogP contribution < -0.4 is 5.32 Å². The van der Waals surface area contributed by atoms with E-state index in [1.54, 1.807) is 6.92 Å². The topological polar surface area (TPSA) is 97.2 Å². The van der Waals surface area contributed by atoms with Crippen molar-refractivity contribution >= 4 is 50.5 Å². The van der Waals surface area contributed by atoms with Crippen LogP contribution in [-0.2, 0) is 25.0 Å². The fourth-order valence-electron chi connectivity index (χ4n) is 3.61. The van der Waals surface area contributed by atoms with E-state index >= 15 is 0 Å². The number of nitrogens with zero attached hydrogens (tertiary/aromatic N) is 2. The molecule has 0 bridgehead atoms. The Bertz CT molecular complexity index is 1350. The van der Waals surface area contributed by atoms with Crippen LogP contribution in [0.3, 0.4) is 0 Å². The maximum absolute atomic E-state index is 14.2. The van der Waals surface area contributed by atoms with E-state index in [2.05, 4.69) is 14.8 Å². The summed E-state index contributed by atoms with van der Waals surface area (Å²) in [5.41, 5.74) is -2.25. The van der Waals surface area contributed by atoms with Crippen molar-refractivity contribution in [1.82, 2.24) is 5.32 Å². The van der Waals surface area contributed by atoms with Gasteiger partial charge >= 0.3 is 6.18 Å². The first-order valence-electron chi connectivity index (χ1n) is 10.5. The predicted octanol–water partition coefficient (Wildman–Crippen LogP) is 5.26. The Balaban J connectivity index is 1.88. The van der Waals surface area contributed by atoms with Gasteiger partial charge in [0.05, 0.1) is 15.4 Å². The lowest BCUT2D eigenvalue weighted by Gasteiger charge is -2.29. The number of alkyl halides is 3. The fourth-order valence-corrected chi connectivity index (χ4v) is 5.24. The van der Waals surface area contributed by atoms with Crippen molar-refractivity contribution in [2.24, 2.45) is 9.52 Å². The Hall–Kier alpha value is -2.63. The predicted molar refractivity (Wildman–Crippen MR) is 132 cm³/mol. The van der Waals surface area contributed by atoms with Gasteiger partial charge in [-0.1, -0.05) is 34.4 Å². The number of aryl methyl sites for hydroxylation is 1. The van der Waals surface area contributed by atoms with Gasteiger partial charge in [0.2, 0.25) is 5.91 Å². The lowest BCUT2D eigenvalue weighted by Crippen LogP contribution is -2.42. The van der Waals surface area contributed by atoms with E-state index in [0.29, 0.717) is 11.1 Å². The molecule has 1 aliphatic rings. The van der Waals surface area contributed by atoms with Gasteiger partial charge in [0.15, 0.2) is 0 Å². The van der Waals surface area contributed by atoms with Gasteiger partial charge in [-0.2, -0.15) is 17.5 Å². The lowest BCUT2D eigenvalue weighted by atomic mass is 9.86. The summed E-state index contributed by atoms with van der Waals surface area (Å²) in [6.07, 6.45) is -4.27. The second-order valence-corrected chi connectivity index (χ2v) is 11.7. The number of amides is 2. The summed E-state index contributed by atoms with van der Waals surface area (Å²) in [4.78, 5) is 29.0. The van der Waals surface area contributed by atoms with Crippen LogP contribution in [0, 0.1) is 6.92 Å². The molecular formula is C23H22Cl2F3N3O4S. The van der Waals surface area contributed by atoms with E-state index in [1.807, 2.05) is 0 Å². The molecule has 1 heterocycles. The number of carbonyl (C=O) groups excluding carboxylic acids is 2. The molecule has 2 aromatic carbocycles. The van der Waals surface area contributed by atoms with Gasteiger partial charge in [-0.3, -0.25) is 9.59 Å². The average Bonchev–Trinajstić information content (AvgIpc) is 3.23. The zero-order chi connectivity index (χ0) is 26.9. The molecule has 1 N–H and O–H groups in total. The molecule has 0 aromatic heterocycles. The van der Waals surface area contributed by atoms with Crippen LogP contribution in [0.2, 0.25) is 10.0 Å². The number of carbonyl (C=O) groups is 2. The molecule has 13 heteroatoms. The standard InChI is InChI=1S/C23H22Cl2F3N3O4S/c1-13-8-14(4-5-18(13)21(33)31-36(3,34)7-6-20(32)29-2)19-12-22(35-30-19,23(26,27)28)15-9-16(24)11-17(25)10-15/h4-5,8-11H,6-7,12H2,1-3H3,(H,29,32). The minimum Gasteiger partial charge on any atom is -0.374 e. The first-order valence-corrected chi connectivity index (χ1v) is 13.4. The van der Waals surface area contributed by atoms with Crippen LogP contribution in [0.5, 0.6) is 0 Å². The molecule has 2 aromatic rings. The molecule has 3 rings (SSSR count). The van der Waals surface area contributed by atoms with Crippen molar-refractivity contribution in [1.29, 1.82) is 0 Å². The highest BCUT2D eigenvalue weighted by molar-refractivity contribution is 7.93. The van der Waals surface area contributed by atoms with Crippen LogP contribution in [-0.4, -0.2) is 47.0 Å². The van der Waals surface area contributed by atoms with E-state index in [1.165, 1.54) is 37.6 Å². The Labute approximate surface area is 216 Å². The number of hydrogen-bond donors (Lipinski definition) is 1. The normalized spacial score (nSPS) is 19.2. The molecule has 7 nitrogen and oxygen atoms in total. The molecule has 0 radical (unpaired) electrons. The fraction of sp³-hybridized carbons (Fsp3) is 0.348. The third-order valence-corrected chi connectivity index (χ3v) is 7.52. The maximum atomic E-state index is 14.2. The summed E-state index contributed by atoms with van der Waals surface area (Å²) in [5, 5.41) is 6.14. The van der Waals surface area contributed by atoms with Crippen LogP contribution in [0.4, 0.5) is 13.2 Å². The second-order valence-electron chi connectivity index (χ2n) is 8.30. The molecule has 2 unspecified atom stereocenters. The summed E-state index contributed by atoms with van der Waals surface area (Å²) in [7, 11) is -1.53. The molecule has 1 aliphatic heterocycles. The minimum absolute atomic E-state index is 0.00678. The van der Waals surface area contributed by atoms with E-state index in [9.17, 15) is 27.0 Å². The molecule has 0 spiro atoms. The highest BCUT2D eigenvalue weighted by Gasteiger charge is 2.62. The van der Waals surface area contributed by atoms with E-state index in [4.69, 9.17) is 28.0 Å². The third kappa shape index (κ3) is 6.01. The summed E-state index contributed by atoms with van der Waals surface area (Å²) >= 11 is 11.8. The molecule has 0 fully saturated rings. The van der Waals surface area contributed by atoms with Gasteiger partial charge < -0.3 is 10.2 Å². The van der Waals surface area contributed by atoms with E-state index < -0.39 is 33.8 Å². The Kier molecular flexibility index (Phi) is 8.07. The quantitative estimate of drug-likeness (QED) is 0.518. The molecule has 0 saturated heterocycles. The van der Waals surface area contributed by atoms with Gasteiger partial charge in [0.1, 0.15) is 0 Å². The van der Waals surface area contributed by atoms with E-state index in [-0.39, 0.29) is 45.0 Å². The van der Waals surface area contributed by atoms with Crippen LogP contribution in [0.15, 0.2) is 45.9 Å². The Morgan fingerprint density at radius 1 is 1.19 bits per heavy atom. The van der Waals surface area contributed by atoms with Crippen molar-refractivity contribution < 1.29 is 31.8 Å². The molecular weight excluding hydrogens is 542 g/mol. The SMILES string of the molecule is CNC(=O)CCS(C)(=O)=NC(=O)c1ccc(C2=NOC(c3cc(Cl)cc(Cl)c3)(C(F)(F)F)C2)cc1C. The Morgan fingerprint density at radius 3 is 2.39 bits per heavy atom. The zero-order valence-corrected chi connectivity index (χ0v) is 21.7. The van der Waals surface area contributed by atoms with E-state index in [0.717, 1.165) is 12.1 Å². The number of rotatable bonds is 6. The minimum atomic E-state index is -4.84. The number of benzene rings is 2. The van der Waals surface area contributed by atoms with Crippen LogP contribution in [0.25, 0.3) is 0 Å². The molecule has 36 heavy (non-hydrogen) atoms. The lowest BCUT2D eigenvalue weighted by molar-refractivity contribution is -0.275. The summed E-state index contributed by atoms with van der Waals surface area (Å²) < 4.78 is 59.0. The van der Waals surface area contributed by atoms with Crippen molar-refractivity contribution in [3.8, 4) is 0 Å². The average molecular weight is 564 g/mol. The third-order valence-electron chi connectivity index (χ3n) is 5.57. The van der Waals surface area contributed by atoms with Crippen LogP contribution >= 0.6 is 23.2 Å². The van der Waals surface area contributed by atoms with Gasteiger partial charge in [-0.15, -0.1) is 0 Å². The van der Waals surface area contributed by atoms with Gasteiger partial charge in [0.25, 0.3) is 11.5 Å². The largest absolute Gasteiger partial charge is 0.435 e. The number of oxime groups is 1. The van der Waals surface area contributed by atoms with Crippen molar-refractivity contribution in [2.45, 2.75) is 31.5 Å². The summed E-state index contributed by atoms with van der Waals surface area (Å²) in [5.74, 6) is -1.19. The smallest absolute Gasteiger partial charge is 0.374 e. The second kappa shape index (κ2) is 10.4. The first-order chi connectivity index (χ1) is 16.7. The van der Waals surface area contributed by atoms with Crippen molar-refractivity contribution in [3.05, 3.63) is 68.7 Å². The molecule has 194 valence electrons. The first kappa shape index (κ1) is 27.9. The molecule has 0 saturated carbocycles. The van der Waals surface area contributed by atoms with Gasteiger partial charge in [0, 0.05) is 53.1 Å². The molecule has 2 amide bonds.